The van der Waals surface area contributed by atoms with Gasteiger partial charge in [-0.1, -0.05) is 39.1 Å². The van der Waals surface area contributed by atoms with Gasteiger partial charge in [-0.2, -0.15) is 0 Å². The summed E-state index contributed by atoms with van der Waals surface area (Å²) < 4.78 is 6.06. The first-order valence-corrected chi connectivity index (χ1v) is 8.52. The van der Waals surface area contributed by atoms with Gasteiger partial charge in [-0.25, -0.2) is 0 Å². The van der Waals surface area contributed by atoms with Gasteiger partial charge in [0, 0.05) is 21.1 Å². The van der Waals surface area contributed by atoms with Gasteiger partial charge in [-0.15, -0.1) is 0 Å². The van der Waals surface area contributed by atoms with E-state index in [1.165, 1.54) is 25.3 Å². The van der Waals surface area contributed by atoms with Gasteiger partial charge in [0.1, 0.15) is 5.75 Å². The van der Waals surface area contributed by atoms with Crippen molar-refractivity contribution in [1.82, 2.24) is 10.9 Å². The highest BCUT2D eigenvalue weighted by atomic mass is 79.9. The Morgan fingerprint density at radius 1 is 1.12 bits per heavy atom. The lowest BCUT2D eigenvalue weighted by Crippen LogP contribution is -2.40. The Bertz CT molecular complexity index is 841. The van der Waals surface area contributed by atoms with Crippen LogP contribution in [0.4, 0.5) is 0 Å². The molecule has 0 atom stereocenters. The zero-order valence-corrected chi connectivity index (χ0v) is 16.1. The molecule has 0 aliphatic rings. The van der Waals surface area contributed by atoms with E-state index < -0.39 is 11.8 Å². The average Bonchev–Trinajstić information content (AvgIpc) is 2.60. The zero-order valence-electron chi connectivity index (χ0n) is 13.0. The molecular weight excluding hydrogens is 431 g/mol. The number of nitrogens with one attached hydrogen (secondary N) is 2. The maximum absolute atomic E-state index is 12.0. The summed E-state index contributed by atoms with van der Waals surface area (Å²) in [5, 5.41) is 0.591. The summed E-state index contributed by atoms with van der Waals surface area (Å²) in [6, 6.07) is 9.86. The van der Waals surface area contributed by atoms with E-state index in [1.807, 2.05) is 6.07 Å². The van der Waals surface area contributed by atoms with Crippen LogP contribution in [0.15, 0.2) is 46.9 Å². The molecule has 0 fully saturated rings. The average molecular weight is 444 g/mol. The van der Waals surface area contributed by atoms with E-state index in [4.69, 9.17) is 27.9 Å². The van der Waals surface area contributed by atoms with Gasteiger partial charge in [0.15, 0.2) is 0 Å². The molecule has 0 aliphatic heterocycles. The predicted octanol–water partition coefficient (Wildman–Crippen LogP) is 4.24. The van der Waals surface area contributed by atoms with Crippen molar-refractivity contribution in [2.45, 2.75) is 0 Å². The molecule has 0 radical (unpaired) electrons. The molecule has 0 aliphatic carbocycles. The van der Waals surface area contributed by atoms with Gasteiger partial charge in [0.25, 0.3) is 11.8 Å². The minimum atomic E-state index is -0.575. The highest BCUT2D eigenvalue weighted by Gasteiger charge is 2.11. The van der Waals surface area contributed by atoms with E-state index in [0.717, 1.165) is 4.47 Å². The molecule has 8 heteroatoms. The Labute approximate surface area is 163 Å². The Kier molecular flexibility index (Phi) is 6.87. The maximum Gasteiger partial charge on any atom is 0.271 e. The number of benzene rings is 2. The molecule has 2 rings (SSSR count). The number of carbonyl (C=O) groups is 2. The Hall–Kier alpha value is -2.02. The second-order valence-electron chi connectivity index (χ2n) is 4.79. The second-order valence-corrected chi connectivity index (χ2v) is 6.55. The van der Waals surface area contributed by atoms with Crippen LogP contribution in [0.3, 0.4) is 0 Å². The monoisotopic (exact) mass is 442 g/mol. The largest absolute Gasteiger partial charge is 0.496 e. The van der Waals surface area contributed by atoms with Crippen LogP contribution in [0.5, 0.6) is 5.75 Å². The normalized spacial score (nSPS) is 10.6. The standard InChI is InChI=1S/C17H13BrCl2N2O3/c1-25-15-6-3-11(18)8-10(15)2-7-16(23)21-22-17(24)13-9-12(19)4-5-14(13)20/h2-9H,1H3,(H,21,23)(H,22,24)/b7-2+. The lowest BCUT2D eigenvalue weighted by molar-refractivity contribution is -0.117. The molecule has 130 valence electrons. The molecule has 5 nitrogen and oxygen atoms in total. The molecule has 2 aromatic rings. The molecule has 0 saturated carbocycles. The summed E-state index contributed by atoms with van der Waals surface area (Å²) in [6.45, 7) is 0. The van der Waals surface area contributed by atoms with E-state index >= 15 is 0 Å². The number of amides is 2. The molecule has 0 saturated heterocycles. The minimum Gasteiger partial charge on any atom is -0.496 e. The van der Waals surface area contributed by atoms with E-state index in [9.17, 15) is 9.59 Å². The van der Waals surface area contributed by atoms with Crippen molar-refractivity contribution in [2.75, 3.05) is 7.11 Å². The van der Waals surface area contributed by atoms with Crippen LogP contribution in [0.2, 0.25) is 10.0 Å². The molecule has 0 unspecified atom stereocenters. The van der Waals surface area contributed by atoms with E-state index in [0.29, 0.717) is 16.3 Å². The van der Waals surface area contributed by atoms with Crippen molar-refractivity contribution in [3.63, 3.8) is 0 Å². The van der Waals surface area contributed by atoms with E-state index in [2.05, 4.69) is 26.8 Å². The van der Waals surface area contributed by atoms with Crippen molar-refractivity contribution in [2.24, 2.45) is 0 Å². The molecule has 2 amide bonds. The first-order chi connectivity index (χ1) is 11.9. The number of hydrogen-bond acceptors (Lipinski definition) is 3. The number of hydrazine groups is 1. The molecule has 0 bridgehead atoms. The van der Waals surface area contributed by atoms with Gasteiger partial charge >= 0.3 is 0 Å². The molecule has 0 aromatic heterocycles. The van der Waals surface area contributed by atoms with E-state index in [1.54, 1.807) is 24.3 Å². The molecule has 2 aromatic carbocycles. The van der Waals surface area contributed by atoms with Gasteiger partial charge in [-0.3, -0.25) is 20.4 Å². The third-order valence-electron chi connectivity index (χ3n) is 3.08. The van der Waals surface area contributed by atoms with E-state index in [-0.39, 0.29) is 10.6 Å². The first kappa shape index (κ1) is 19.3. The smallest absolute Gasteiger partial charge is 0.271 e. The number of ether oxygens (including phenoxy) is 1. The predicted molar refractivity (Wildman–Crippen MR) is 102 cm³/mol. The highest BCUT2D eigenvalue weighted by molar-refractivity contribution is 9.10. The molecule has 0 heterocycles. The lowest BCUT2D eigenvalue weighted by Gasteiger charge is -2.07. The lowest BCUT2D eigenvalue weighted by atomic mass is 10.2. The fraction of sp³-hybridized carbons (Fsp3) is 0.0588. The summed E-state index contributed by atoms with van der Waals surface area (Å²) in [5.41, 5.74) is 5.40. The van der Waals surface area contributed by atoms with Gasteiger partial charge in [0.2, 0.25) is 0 Å². The third kappa shape index (κ3) is 5.49. The second kappa shape index (κ2) is 8.89. The summed E-state index contributed by atoms with van der Waals surface area (Å²) in [6.07, 6.45) is 2.83. The SMILES string of the molecule is COc1ccc(Br)cc1/C=C/C(=O)NNC(=O)c1cc(Cl)ccc1Cl. The molecule has 25 heavy (non-hydrogen) atoms. The highest BCUT2D eigenvalue weighted by Crippen LogP contribution is 2.24. The summed E-state index contributed by atoms with van der Waals surface area (Å²) in [4.78, 5) is 23.9. The van der Waals surface area contributed by atoms with Crippen LogP contribution in [-0.4, -0.2) is 18.9 Å². The number of hydrogen-bond donors (Lipinski definition) is 2. The van der Waals surface area contributed by atoms with Gasteiger partial charge in [-0.05, 0) is 42.5 Å². The molecule has 2 N–H and O–H groups in total. The summed E-state index contributed by atoms with van der Waals surface area (Å²) >= 11 is 15.1. The van der Waals surface area contributed by atoms with Crippen LogP contribution in [0, 0.1) is 0 Å². The summed E-state index contributed by atoms with van der Waals surface area (Å²) in [5.74, 6) is -0.482. The van der Waals surface area contributed by atoms with Crippen molar-refractivity contribution in [3.8, 4) is 5.75 Å². The van der Waals surface area contributed by atoms with Crippen LogP contribution in [0.25, 0.3) is 6.08 Å². The fourth-order valence-electron chi connectivity index (χ4n) is 1.90. The number of halogens is 3. The first-order valence-electron chi connectivity index (χ1n) is 6.97. The van der Waals surface area contributed by atoms with Crippen molar-refractivity contribution < 1.29 is 14.3 Å². The fourth-order valence-corrected chi connectivity index (χ4v) is 2.65. The number of rotatable bonds is 4. The Morgan fingerprint density at radius 2 is 1.88 bits per heavy atom. The van der Waals surface area contributed by atoms with Gasteiger partial charge in [0.05, 0.1) is 17.7 Å². The van der Waals surface area contributed by atoms with Crippen molar-refractivity contribution >= 4 is 57.0 Å². The summed E-state index contributed by atoms with van der Waals surface area (Å²) in [7, 11) is 1.54. The number of methoxy groups -OCH3 is 1. The van der Waals surface area contributed by atoms with Gasteiger partial charge < -0.3 is 4.74 Å². The maximum atomic E-state index is 12.0. The van der Waals surface area contributed by atoms with Crippen LogP contribution < -0.4 is 15.6 Å². The third-order valence-corrected chi connectivity index (χ3v) is 4.14. The van der Waals surface area contributed by atoms with Crippen molar-refractivity contribution in [3.05, 3.63) is 68.1 Å². The topological polar surface area (TPSA) is 67.4 Å². The zero-order chi connectivity index (χ0) is 18.4. The molecular formula is C17H13BrCl2N2O3. The Morgan fingerprint density at radius 3 is 2.60 bits per heavy atom. The minimum absolute atomic E-state index is 0.159. The Balaban J connectivity index is 2.00. The van der Waals surface area contributed by atoms with Crippen molar-refractivity contribution in [1.29, 1.82) is 0 Å². The van der Waals surface area contributed by atoms with Crippen LogP contribution in [0.1, 0.15) is 15.9 Å². The quantitative estimate of drug-likeness (QED) is 0.548. The molecule has 0 spiro atoms. The number of carbonyl (C=O) groups excluding carboxylic acids is 2. The van der Waals surface area contributed by atoms with Crippen LogP contribution >= 0.6 is 39.1 Å². The van der Waals surface area contributed by atoms with Crippen LogP contribution in [-0.2, 0) is 4.79 Å².